The van der Waals surface area contributed by atoms with Crippen LogP contribution in [0.1, 0.15) is 11.6 Å². The van der Waals surface area contributed by atoms with E-state index in [1.807, 2.05) is 12.1 Å². The predicted octanol–water partition coefficient (Wildman–Crippen LogP) is 1.83. The number of hydrogen-bond donors (Lipinski definition) is 0. The van der Waals surface area contributed by atoms with Crippen molar-refractivity contribution in [3.05, 3.63) is 35.6 Å². The summed E-state index contributed by atoms with van der Waals surface area (Å²) in [5, 5.41) is 0. The van der Waals surface area contributed by atoms with Crippen molar-refractivity contribution in [3.63, 3.8) is 0 Å². The summed E-state index contributed by atoms with van der Waals surface area (Å²) in [6.45, 7) is 2.42. The van der Waals surface area contributed by atoms with E-state index < -0.39 is 0 Å². The second kappa shape index (κ2) is 4.07. The molecule has 1 unspecified atom stereocenters. The van der Waals surface area contributed by atoms with Gasteiger partial charge in [0.25, 0.3) is 0 Å². The molecule has 1 aliphatic heterocycles. The van der Waals surface area contributed by atoms with Crippen LogP contribution in [0.15, 0.2) is 24.3 Å². The van der Waals surface area contributed by atoms with E-state index in [-0.39, 0.29) is 11.9 Å². The highest BCUT2D eigenvalue weighted by molar-refractivity contribution is 5.20. The molecule has 3 heteroatoms. The molecule has 0 N–H and O–H groups in total. The Balaban J connectivity index is 2.16. The predicted molar refractivity (Wildman–Crippen MR) is 52.6 cm³/mol. The third kappa shape index (κ3) is 1.94. The molecule has 76 valence electrons. The summed E-state index contributed by atoms with van der Waals surface area (Å²) in [4.78, 5) is 2.23. The molecule has 1 heterocycles. The van der Waals surface area contributed by atoms with Gasteiger partial charge in [0.2, 0.25) is 0 Å². The third-order valence-electron chi connectivity index (χ3n) is 2.65. The van der Waals surface area contributed by atoms with E-state index in [2.05, 4.69) is 11.9 Å². The lowest BCUT2D eigenvalue weighted by Gasteiger charge is -2.32. The largest absolute Gasteiger partial charge is 0.378 e. The smallest absolute Gasteiger partial charge is 0.123 e. The molecule has 0 aliphatic carbocycles. The fourth-order valence-corrected chi connectivity index (χ4v) is 1.72. The second-order valence-corrected chi connectivity index (χ2v) is 3.62. The Bertz CT molecular complexity index is 299. The summed E-state index contributed by atoms with van der Waals surface area (Å²) in [5.41, 5.74) is 1.12. The summed E-state index contributed by atoms with van der Waals surface area (Å²) in [7, 11) is 2.07. The van der Waals surface area contributed by atoms with Crippen molar-refractivity contribution in [1.82, 2.24) is 4.90 Å². The van der Waals surface area contributed by atoms with Gasteiger partial charge >= 0.3 is 0 Å². The molecular weight excluding hydrogens is 181 g/mol. The van der Waals surface area contributed by atoms with Gasteiger partial charge in [-0.3, -0.25) is 4.90 Å². The number of hydrogen-bond acceptors (Lipinski definition) is 2. The van der Waals surface area contributed by atoms with Gasteiger partial charge in [-0.25, -0.2) is 4.39 Å². The second-order valence-electron chi connectivity index (χ2n) is 3.62. The summed E-state index contributed by atoms with van der Waals surface area (Å²) >= 11 is 0. The number of benzene rings is 1. The van der Waals surface area contributed by atoms with Gasteiger partial charge < -0.3 is 4.74 Å². The zero-order valence-electron chi connectivity index (χ0n) is 8.24. The van der Waals surface area contributed by atoms with E-state index in [4.69, 9.17) is 4.74 Å². The normalized spacial score (nSPS) is 23.7. The van der Waals surface area contributed by atoms with Gasteiger partial charge in [-0.2, -0.15) is 0 Å². The topological polar surface area (TPSA) is 12.5 Å². The summed E-state index contributed by atoms with van der Waals surface area (Å²) in [6.07, 6.45) is 0. The average Bonchev–Trinajstić information content (AvgIpc) is 2.20. The van der Waals surface area contributed by atoms with Crippen LogP contribution >= 0.6 is 0 Å². The Labute approximate surface area is 83.3 Å². The van der Waals surface area contributed by atoms with Crippen LogP contribution in [0.5, 0.6) is 0 Å². The number of nitrogens with zero attached hydrogens (tertiary/aromatic N) is 1. The zero-order valence-corrected chi connectivity index (χ0v) is 8.24. The Hall–Kier alpha value is -0.930. The van der Waals surface area contributed by atoms with Crippen LogP contribution < -0.4 is 0 Å². The molecule has 0 aromatic heterocycles. The standard InChI is InChI=1S/C11H14FNO/c1-13-6-7-14-8-11(13)9-2-4-10(12)5-3-9/h2-5,11H,6-8H2,1H3. The minimum Gasteiger partial charge on any atom is -0.378 e. The SMILES string of the molecule is CN1CCOCC1c1ccc(F)cc1. The highest BCUT2D eigenvalue weighted by atomic mass is 19.1. The van der Waals surface area contributed by atoms with Crippen molar-refractivity contribution >= 4 is 0 Å². The zero-order chi connectivity index (χ0) is 9.97. The molecule has 2 rings (SSSR count). The first-order valence-electron chi connectivity index (χ1n) is 4.81. The van der Waals surface area contributed by atoms with Crippen LogP contribution in [-0.2, 0) is 4.74 Å². The van der Waals surface area contributed by atoms with Gasteiger partial charge in [0.15, 0.2) is 0 Å². The van der Waals surface area contributed by atoms with E-state index in [0.717, 1.165) is 18.7 Å². The van der Waals surface area contributed by atoms with Crippen molar-refractivity contribution in [1.29, 1.82) is 0 Å². The maximum atomic E-state index is 12.7. The van der Waals surface area contributed by atoms with Crippen molar-refractivity contribution in [2.75, 3.05) is 26.8 Å². The monoisotopic (exact) mass is 195 g/mol. The maximum Gasteiger partial charge on any atom is 0.123 e. The quantitative estimate of drug-likeness (QED) is 0.677. The maximum absolute atomic E-state index is 12.7. The molecule has 1 atom stereocenters. The number of morpholine rings is 1. The Morgan fingerprint density at radius 3 is 2.71 bits per heavy atom. The van der Waals surface area contributed by atoms with Crippen LogP contribution in [0.2, 0.25) is 0 Å². The van der Waals surface area contributed by atoms with E-state index in [9.17, 15) is 4.39 Å². The van der Waals surface area contributed by atoms with Crippen LogP contribution in [0.3, 0.4) is 0 Å². The third-order valence-corrected chi connectivity index (χ3v) is 2.65. The van der Waals surface area contributed by atoms with Crippen LogP contribution in [0.25, 0.3) is 0 Å². The van der Waals surface area contributed by atoms with Crippen molar-refractivity contribution < 1.29 is 9.13 Å². The van der Waals surface area contributed by atoms with E-state index in [0.29, 0.717) is 6.61 Å². The lowest BCUT2D eigenvalue weighted by molar-refractivity contribution is 0.00503. The molecule has 2 nitrogen and oxygen atoms in total. The molecule has 1 aromatic carbocycles. The van der Waals surface area contributed by atoms with Crippen LogP contribution in [-0.4, -0.2) is 31.7 Å². The minimum atomic E-state index is -0.187. The van der Waals surface area contributed by atoms with Gasteiger partial charge in [-0.1, -0.05) is 12.1 Å². The van der Waals surface area contributed by atoms with Crippen molar-refractivity contribution in [3.8, 4) is 0 Å². The highest BCUT2D eigenvalue weighted by Crippen LogP contribution is 2.22. The van der Waals surface area contributed by atoms with Gasteiger partial charge in [0.05, 0.1) is 19.3 Å². The lowest BCUT2D eigenvalue weighted by atomic mass is 10.1. The minimum absolute atomic E-state index is 0.187. The lowest BCUT2D eigenvalue weighted by Crippen LogP contribution is -2.36. The average molecular weight is 195 g/mol. The Morgan fingerprint density at radius 2 is 2.07 bits per heavy atom. The van der Waals surface area contributed by atoms with E-state index in [1.54, 1.807) is 0 Å². The van der Waals surface area contributed by atoms with E-state index in [1.165, 1.54) is 12.1 Å². The van der Waals surface area contributed by atoms with Crippen LogP contribution in [0, 0.1) is 5.82 Å². The molecule has 0 spiro atoms. The molecule has 0 bridgehead atoms. The van der Waals surface area contributed by atoms with E-state index >= 15 is 0 Å². The van der Waals surface area contributed by atoms with Crippen LogP contribution in [0.4, 0.5) is 4.39 Å². The fourth-order valence-electron chi connectivity index (χ4n) is 1.72. The number of likely N-dealkylation sites (N-methyl/N-ethyl adjacent to an activating group) is 1. The molecular formula is C11H14FNO. The number of rotatable bonds is 1. The molecule has 0 saturated carbocycles. The van der Waals surface area contributed by atoms with Crippen molar-refractivity contribution in [2.45, 2.75) is 6.04 Å². The van der Waals surface area contributed by atoms with Gasteiger partial charge in [-0.15, -0.1) is 0 Å². The molecule has 1 fully saturated rings. The highest BCUT2D eigenvalue weighted by Gasteiger charge is 2.20. The molecule has 1 aromatic rings. The van der Waals surface area contributed by atoms with Gasteiger partial charge in [0.1, 0.15) is 5.82 Å². The molecule has 0 radical (unpaired) electrons. The summed E-state index contributed by atoms with van der Waals surface area (Å²) < 4.78 is 18.1. The first kappa shape index (κ1) is 9.62. The number of ether oxygens (including phenoxy) is 1. The molecule has 1 aliphatic rings. The summed E-state index contributed by atoms with van der Waals surface area (Å²) in [5.74, 6) is -0.187. The number of halogens is 1. The van der Waals surface area contributed by atoms with Gasteiger partial charge in [-0.05, 0) is 24.7 Å². The fraction of sp³-hybridized carbons (Fsp3) is 0.455. The van der Waals surface area contributed by atoms with Gasteiger partial charge in [0, 0.05) is 6.54 Å². The first-order valence-corrected chi connectivity index (χ1v) is 4.81. The molecule has 1 saturated heterocycles. The Kier molecular flexibility index (Phi) is 2.79. The Morgan fingerprint density at radius 1 is 1.36 bits per heavy atom. The molecule has 0 amide bonds. The van der Waals surface area contributed by atoms with Crippen molar-refractivity contribution in [2.24, 2.45) is 0 Å². The first-order chi connectivity index (χ1) is 6.77. The molecule has 14 heavy (non-hydrogen) atoms. The summed E-state index contributed by atoms with van der Waals surface area (Å²) in [6, 6.07) is 6.91.